The molecule has 0 fully saturated rings. The van der Waals surface area contributed by atoms with E-state index in [1.807, 2.05) is 24.3 Å². The Labute approximate surface area is 139 Å². The van der Waals surface area contributed by atoms with Gasteiger partial charge in [-0.2, -0.15) is 0 Å². The van der Waals surface area contributed by atoms with Crippen molar-refractivity contribution < 1.29 is 14.7 Å². The van der Waals surface area contributed by atoms with Gasteiger partial charge in [0.25, 0.3) is 0 Å². The number of rotatable bonds is 5. The normalized spacial score (nSPS) is 10.1. The van der Waals surface area contributed by atoms with Crippen LogP contribution in [0.2, 0.25) is 0 Å². The van der Waals surface area contributed by atoms with Crippen molar-refractivity contribution in [1.82, 2.24) is 4.98 Å². The molecule has 0 aliphatic heterocycles. The third-order valence-corrected chi connectivity index (χ3v) is 4.37. The minimum absolute atomic E-state index is 0.127. The van der Waals surface area contributed by atoms with Crippen LogP contribution in [0.1, 0.15) is 10.4 Å². The van der Waals surface area contributed by atoms with Crippen molar-refractivity contribution in [2.24, 2.45) is 0 Å². The van der Waals surface area contributed by atoms with Gasteiger partial charge in [0.1, 0.15) is 0 Å². The minimum Gasteiger partial charge on any atom is -0.478 e. The van der Waals surface area contributed by atoms with Crippen molar-refractivity contribution in [3.63, 3.8) is 0 Å². The summed E-state index contributed by atoms with van der Waals surface area (Å²) in [6, 6.07) is 10.6. The molecule has 2 N–H and O–H groups in total. The van der Waals surface area contributed by atoms with E-state index in [2.05, 4.69) is 32.9 Å². The molecule has 0 saturated carbocycles. The van der Waals surface area contributed by atoms with E-state index in [9.17, 15) is 9.59 Å². The monoisotopic (exact) mass is 414 g/mol. The van der Waals surface area contributed by atoms with Crippen LogP contribution in [-0.4, -0.2) is 27.7 Å². The number of nitrogens with one attached hydrogen (secondary N) is 1. The summed E-state index contributed by atoms with van der Waals surface area (Å²) >= 11 is 3.41. The number of pyridine rings is 1. The van der Waals surface area contributed by atoms with Gasteiger partial charge in [-0.1, -0.05) is 23.9 Å². The number of carbonyl (C=O) groups is 2. The first kappa shape index (κ1) is 15.8. The first-order valence-corrected chi connectivity index (χ1v) is 7.99. The van der Waals surface area contributed by atoms with E-state index in [0.717, 1.165) is 9.26 Å². The lowest BCUT2D eigenvalue weighted by Gasteiger charge is -2.06. The van der Waals surface area contributed by atoms with Crippen LogP contribution < -0.4 is 5.32 Å². The van der Waals surface area contributed by atoms with Crippen molar-refractivity contribution in [1.29, 1.82) is 0 Å². The van der Waals surface area contributed by atoms with Crippen molar-refractivity contribution in [3.05, 3.63) is 51.7 Å². The first-order valence-electron chi connectivity index (χ1n) is 5.93. The maximum atomic E-state index is 11.9. The molecule has 0 bridgehead atoms. The van der Waals surface area contributed by atoms with Gasteiger partial charge < -0.3 is 10.4 Å². The number of carboxylic acids is 1. The van der Waals surface area contributed by atoms with Crippen LogP contribution in [0, 0.1) is 3.57 Å². The van der Waals surface area contributed by atoms with Crippen LogP contribution in [0.25, 0.3) is 0 Å². The number of aromatic nitrogens is 1. The fourth-order valence-electron chi connectivity index (χ4n) is 1.48. The number of carboxylic acid groups (broad SMARTS) is 1. The van der Waals surface area contributed by atoms with Crippen LogP contribution in [0.5, 0.6) is 0 Å². The Balaban J connectivity index is 1.89. The molecule has 7 heteroatoms. The van der Waals surface area contributed by atoms with Gasteiger partial charge in [0, 0.05) is 9.77 Å². The SMILES string of the molecule is O=C(CSc1ccc(C(=O)O)cn1)Nc1ccccc1I. The molecule has 0 radical (unpaired) electrons. The zero-order chi connectivity index (χ0) is 15.2. The quantitative estimate of drug-likeness (QED) is 0.581. The highest BCUT2D eigenvalue weighted by Crippen LogP contribution is 2.19. The minimum atomic E-state index is -1.02. The Hall–Kier alpha value is -1.61. The first-order chi connectivity index (χ1) is 10.1. The third-order valence-electron chi connectivity index (χ3n) is 2.48. The number of para-hydroxylation sites is 1. The molecular formula is C14H11IN2O3S. The second-order valence-corrected chi connectivity index (χ2v) is 6.16. The topological polar surface area (TPSA) is 79.3 Å². The average Bonchev–Trinajstić information content (AvgIpc) is 2.48. The predicted molar refractivity (Wildman–Crippen MR) is 89.7 cm³/mol. The predicted octanol–water partition coefficient (Wildman–Crippen LogP) is 3.12. The summed E-state index contributed by atoms with van der Waals surface area (Å²) in [6.45, 7) is 0. The number of carbonyl (C=O) groups excluding carboxylic acids is 1. The van der Waals surface area contributed by atoms with Gasteiger partial charge in [-0.15, -0.1) is 0 Å². The molecule has 2 rings (SSSR count). The van der Waals surface area contributed by atoms with Crippen LogP contribution in [-0.2, 0) is 4.79 Å². The van der Waals surface area contributed by atoms with Gasteiger partial charge in [-0.3, -0.25) is 4.79 Å². The fraction of sp³-hybridized carbons (Fsp3) is 0.0714. The Morgan fingerprint density at radius 1 is 1.24 bits per heavy atom. The lowest BCUT2D eigenvalue weighted by molar-refractivity contribution is -0.113. The summed E-state index contributed by atoms with van der Waals surface area (Å²) in [5.74, 6) is -0.937. The largest absolute Gasteiger partial charge is 0.478 e. The zero-order valence-electron chi connectivity index (χ0n) is 10.7. The van der Waals surface area contributed by atoms with E-state index in [-0.39, 0.29) is 17.2 Å². The lowest BCUT2D eigenvalue weighted by Crippen LogP contribution is -2.14. The van der Waals surface area contributed by atoms with Crippen LogP contribution in [0.15, 0.2) is 47.6 Å². The van der Waals surface area contributed by atoms with Crippen LogP contribution in [0.3, 0.4) is 0 Å². The highest BCUT2D eigenvalue weighted by atomic mass is 127. The number of halogens is 1. The number of amides is 1. The van der Waals surface area contributed by atoms with Crippen LogP contribution in [0.4, 0.5) is 5.69 Å². The number of hydrogen-bond acceptors (Lipinski definition) is 4. The molecule has 1 heterocycles. The summed E-state index contributed by atoms with van der Waals surface area (Å²) in [6.07, 6.45) is 1.28. The highest BCUT2D eigenvalue weighted by molar-refractivity contribution is 14.1. The number of aromatic carboxylic acids is 1. The molecule has 0 aliphatic rings. The van der Waals surface area contributed by atoms with Gasteiger partial charge in [-0.25, -0.2) is 9.78 Å². The fourth-order valence-corrected chi connectivity index (χ4v) is 2.65. The summed E-state index contributed by atoms with van der Waals surface area (Å²) in [5.41, 5.74) is 0.903. The van der Waals surface area contributed by atoms with E-state index in [4.69, 9.17) is 5.11 Å². The Morgan fingerprint density at radius 2 is 2.00 bits per heavy atom. The van der Waals surface area contributed by atoms with Gasteiger partial charge in [0.05, 0.1) is 22.0 Å². The molecule has 1 amide bonds. The van der Waals surface area contributed by atoms with E-state index in [0.29, 0.717) is 5.03 Å². The smallest absolute Gasteiger partial charge is 0.337 e. The summed E-state index contributed by atoms with van der Waals surface area (Å²) in [4.78, 5) is 26.6. The standard InChI is InChI=1S/C14H11IN2O3S/c15-10-3-1-2-4-11(10)17-12(18)8-21-13-6-5-9(7-16-13)14(19)20/h1-7H,8H2,(H,17,18)(H,19,20). The van der Waals surface area contributed by atoms with E-state index < -0.39 is 5.97 Å². The van der Waals surface area contributed by atoms with E-state index in [1.165, 1.54) is 24.0 Å². The second-order valence-electron chi connectivity index (χ2n) is 4.01. The third kappa shape index (κ3) is 4.71. The molecule has 21 heavy (non-hydrogen) atoms. The molecule has 2 aromatic rings. The number of thioether (sulfide) groups is 1. The van der Waals surface area contributed by atoms with Crippen molar-refractivity contribution in [3.8, 4) is 0 Å². The number of hydrogen-bond donors (Lipinski definition) is 2. The average molecular weight is 414 g/mol. The maximum Gasteiger partial charge on any atom is 0.337 e. The molecule has 108 valence electrons. The molecule has 5 nitrogen and oxygen atoms in total. The van der Waals surface area contributed by atoms with Gasteiger partial charge in [-0.05, 0) is 46.9 Å². The van der Waals surface area contributed by atoms with Crippen molar-refractivity contribution in [2.75, 3.05) is 11.1 Å². The molecule has 0 aliphatic carbocycles. The highest BCUT2D eigenvalue weighted by Gasteiger charge is 2.07. The number of benzene rings is 1. The summed E-state index contributed by atoms with van der Waals surface area (Å²) < 4.78 is 0.970. The van der Waals surface area contributed by atoms with E-state index >= 15 is 0 Å². The van der Waals surface area contributed by atoms with Gasteiger partial charge >= 0.3 is 5.97 Å². The molecule has 0 atom stereocenters. The summed E-state index contributed by atoms with van der Waals surface area (Å²) in [7, 11) is 0. The lowest BCUT2D eigenvalue weighted by atomic mass is 10.3. The number of nitrogens with zero attached hydrogens (tertiary/aromatic N) is 1. The summed E-state index contributed by atoms with van der Waals surface area (Å²) in [5, 5.41) is 12.2. The molecule has 0 spiro atoms. The molecule has 1 aromatic heterocycles. The second kappa shape index (κ2) is 7.41. The Morgan fingerprint density at radius 3 is 2.62 bits per heavy atom. The Kier molecular flexibility index (Phi) is 5.57. The van der Waals surface area contributed by atoms with Gasteiger partial charge in [0.15, 0.2) is 0 Å². The molecular weight excluding hydrogens is 403 g/mol. The maximum absolute atomic E-state index is 11.9. The van der Waals surface area contributed by atoms with E-state index in [1.54, 1.807) is 6.07 Å². The Bertz CT molecular complexity index is 662. The molecule has 0 unspecified atom stereocenters. The van der Waals surface area contributed by atoms with Crippen molar-refractivity contribution in [2.45, 2.75) is 5.03 Å². The number of anilines is 1. The molecule has 0 saturated heterocycles. The van der Waals surface area contributed by atoms with Gasteiger partial charge in [0.2, 0.25) is 5.91 Å². The zero-order valence-corrected chi connectivity index (χ0v) is 13.7. The van der Waals surface area contributed by atoms with Crippen LogP contribution >= 0.6 is 34.4 Å². The molecule has 1 aromatic carbocycles. The van der Waals surface area contributed by atoms with Crippen molar-refractivity contribution >= 4 is 51.9 Å².